The normalized spacial score (nSPS) is 11.1. The van der Waals surface area contributed by atoms with Crippen LogP contribution >= 0.6 is 0 Å². The Morgan fingerprint density at radius 1 is 0.475 bits per heavy atom. The lowest BCUT2D eigenvalue weighted by atomic mass is 10.0. The van der Waals surface area contributed by atoms with E-state index in [1.165, 1.54) is 89.7 Å². The van der Waals surface area contributed by atoms with Crippen molar-refractivity contribution < 1.29 is 38.0 Å². The van der Waals surface area contributed by atoms with Crippen molar-refractivity contribution >= 4 is 5.97 Å². The zero-order valence-electron chi connectivity index (χ0n) is 25.8. The Balaban J connectivity index is 3.14. The molecular formula is C32H62O8. The maximum Gasteiger partial charge on any atom is 0.305 e. The first-order chi connectivity index (χ1) is 19.8. The summed E-state index contributed by atoms with van der Waals surface area (Å²) in [4.78, 5) is 11.8. The van der Waals surface area contributed by atoms with Crippen LogP contribution in [0, 0.1) is 0 Å². The van der Waals surface area contributed by atoms with E-state index < -0.39 is 0 Å². The van der Waals surface area contributed by atoms with Crippen LogP contribution in [0.2, 0.25) is 0 Å². The first-order valence-corrected chi connectivity index (χ1v) is 16.1. The average molecular weight is 575 g/mol. The molecule has 0 spiro atoms. The molecule has 0 heterocycles. The first-order valence-electron chi connectivity index (χ1n) is 16.1. The van der Waals surface area contributed by atoms with E-state index in [0.29, 0.717) is 85.7 Å². The Kier molecular flexibility index (Phi) is 34.8. The van der Waals surface area contributed by atoms with E-state index in [1.54, 1.807) is 0 Å². The standard InChI is InChI=1S/C32H62O8/c1-3-5-6-7-8-9-10-11-12-13-14-15-16-17-18-19-32(33)40-31-30-39-29-28-38-27-26-37-25-24-36-23-22-35-21-20-34-4-2/h4H,2-3,5-31H2,1H3. The van der Waals surface area contributed by atoms with Crippen LogP contribution in [0.25, 0.3) is 0 Å². The highest BCUT2D eigenvalue weighted by Gasteiger charge is 2.03. The van der Waals surface area contributed by atoms with Gasteiger partial charge in [-0.05, 0) is 6.42 Å². The van der Waals surface area contributed by atoms with Crippen molar-refractivity contribution in [2.24, 2.45) is 0 Å². The topological polar surface area (TPSA) is 81.7 Å². The van der Waals surface area contributed by atoms with Crippen LogP contribution in [-0.2, 0) is 38.0 Å². The van der Waals surface area contributed by atoms with Gasteiger partial charge in [-0.2, -0.15) is 0 Å². The van der Waals surface area contributed by atoms with Crippen molar-refractivity contribution in [3.05, 3.63) is 12.8 Å². The van der Waals surface area contributed by atoms with Crippen LogP contribution < -0.4 is 0 Å². The minimum Gasteiger partial charge on any atom is -0.499 e. The number of carbonyl (C=O) groups excluding carboxylic acids is 1. The summed E-state index contributed by atoms with van der Waals surface area (Å²) >= 11 is 0. The third kappa shape index (κ3) is 34.8. The van der Waals surface area contributed by atoms with E-state index in [0.717, 1.165) is 12.8 Å². The Morgan fingerprint density at radius 2 is 0.800 bits per heavy atom. The zero-order chi connectivity index (χ0) is 29.0. The molecule has 0 saturated heterocycles. The molecule has 238 valence electrons. The average Bonchev–Trinajstić information content (AvgIpc) is 2.96. The summed E-state index contributed by atoms with van der Waals surface area (Å²) in [7, 11) is 0. The Hall–Kier alpha value is -1.19. The van der Waals surface area contributed by atoms with E-state index in [-0.39, 0.29) is 5.97 Å². The number of hydrogen-bond donors (Lipinski definition) is 0. The number of hydrogen-bond acceptors (Lipinski definition) is 8. The Labute approximate surface area is 245 Å². The molecule has 0 aromatic carbocycles. The van der Waals surface area contributed by atoms with Gasteiger partial charge >= 0.3 is 5.97 Å². The summed E-state index contributed by atoms with van der Waals surface area (Å²) in [5, 5.41) is 0. The highest BCUT2D eigenvalue weighted by atomic mass is 16.6. The molecule has 0 aliphatic rings. The van der Waals surface area contributed by atoms with E-state index in [2.05, 4.69) is 13.5 Å². The van der Waals surface area contributed by atoms with Crippen LogP contribution in [0.4, 0.5) is 0 Å². The minimum atomic E-state index is -0.124. The minimum absolute atomic E-state index is 0.124. The lowest BCUT2D eigenvalue weighted by Crippen LogP contribution is -2.15. The molecule has 0 aromatic rings. The smallest absolute Gasteiger partial charge is 0.305 e. The summed E-state index contributed by atoms with van der Waals surface area (Å²) < 4.78 is 37.2. The molecule has 0 saturated carbocycles. The molecule has 0 radical (unpaired) electrons. The van der Waals surface area contributed by atoms with Gasteiger partial charge < -0.3 is 33.2 Å². The van der Waals surface area contributed by atoms with Crippen molar-refractivity contribution in [3.63, 3.8) is 0 Å². The Bertz CT molecular complexity index is 503. The van der Waals surface area contributed by atoms with Gasteiger partial charge in [-0.25, -0.2) is 0 Å². The molecule has 0 aliphatic carbocycles. The number of unbranched alkanes of at least 4 members (excludes halogenated alkanes) is 14. The van der Waals surface area contributed by atoms with Gasteiger partial charge in [0, 0.05) is 6.42 Å². The number of ether oxygens (including phenoxy) is 7. The molecular weight excluding hydrogens is 512 g/mol. The highest BCUT2D eigenvalue weighted by molar-refractivity contribution is 5.69. The van der Waals surface area contributed by atoms with Crippen LogP contribution in [0.1, 0.15) is 110 Å². The summed E-state index contributed by atoms with van der Waals surface area (Å²) in [6.07, 6.45) is 21.7. The highest BCUT2D eigenvalue weighted by Crippen LogP contribution is 2.13. The van der Waals surface area contributed by atoms with Gasteiger partial charge in [0.05, 0.1) is 72.3 Å². The van der Waals surface area contributed by atoms with Crippen molar-refractivity contribution in [3.8, 4) is 0 Å². The van der Waals surface area contributed by atoms with Crippen LogP contribution in [-0.4, -0.2) is 85.3 Å². The third-order valence-corrected chi connectivity index (χ3v) is 6.43. The number of rotatable bonds is 35. The van der Waals surface area contributed by atoms with E-state index in [9.17, 15) is 4.79 Å². The maximum atomic E-state index is 11.8. The van der Waals surface area contributed by atoms with Crippen LogP contribution in [0.5, 0.6) is 0 Å². The Morgan fingerprint density at radius 3 is 1.18 bits per heavy atom. The maximum absolute atomic E-state index is 11.8. The van der Waals surface area contributed by atoms with E-state index in [4.69, 9.17) is 33.2 Å². The summed E-state index contributed by atoms with van der Waals surface area (Å²) in [6, 6.07) is 0. The third-order valence-electron chi connectivity index (χ3n) is 6.43. The zero-order valence-corrected chi connectivity index (χ0v) is 25.8. The molecule has 0 atom stereocenters. The second-order valence-electron chi connectivity index (χ2n) is 10.0. The van der Waals surface area contributed by atoms with Gasteiger partial charge in [0.15, 0.2) is 0 Å². The summed E-state index contributed by atoms with van der Waals surface area (Å²) in [5.41, 5.74) is 0. The molecule has 0 unspecified atom stereocenters. The molecule has 40 heavy (non-hydrogen) atoms. The fraction of sp³-hybridized carbons (Fsp3) is 0.906. The fourth-order valence-corrected chi connectivity index (χ4v) is 4.10. The van der Waals surface area contributed by atoms with Crippen molar-refractivity contribution in [2.75, 3.05) is 79.3 Å². The SMILES string of the molecule is C=COCCOCCOCCOCCOCCOCCOC(=O)CCCCCCCCCCCCCCCCC. The number of carbonyl (C=O) groups is 1. The largest absolute Gasteiger partial charge is 0.499 e. The summed E-state index contributed by atoms with van der Waals surface area (Å²) in [5.74, 6) is -0.124. The lowest BCUT2D eigenvalue weighted by Gasteiger charge is -2.08. The van der Waals surface area contributed by atoms with Crippen molar-refractivity contribution in [1.29, 1.82) is 0 Å². The van der Waals surface area contributed by atoms with Gasteiger partial charge in [-0.15, -0.1) is 0 Å². The van der Waals surface area contributed by atoms with Gasteiger partial charge in [0.1, 0.15) is 13.2 Å². The fourth-order valence-electron chi connectivity index (χ4n) is 4.10. The molecule has 8 heteroatoms. The molecule has 0 fully saturated rings. The summed E-state index contributed by atoms with van der Waals surface area (Å²) in [6.45, 7) is 11.5. The second-order valence-corrected chi connectivity index (χ2v) is 10.0. The predicted molar refractivity (Wildman–Crippen MR) is 161 cm³/mol. The second kappa shape index (κ2) is 35.8. The van der Waals surface area contributed by atoms with Gasteiger partial charge in [-0.1, -0.05) is 103 Å². The van der Waals surface area contributed by atoms with E-state index >= 15 is 0 Å². The monoisotopic (exact) mass is 574 g/mol. The molecule has 0 N–H and O–H groups in total. The van der Waals surface area contributed by atoms with E-state index in [1.807, 2.05) is 0 Å². The first kappa shape index (κ1) is 38.8. The molecule has 0 aromatic heterocycles. The lowest BCUT2D eigenvalue weighted by molar-refractivity contribution is -0.145. The van der Waals surface area contributed by atoms with Gasteiger partial charge in [-0.3, -0.25) is 4.79 Å². The molecule has 0 amide bonds. The van der Waals surface area contributed by atoms with Crippen molar-refractivity contribution in [1.82, 2.24) is 0 Å². The van der Waals surface area contributed by atoms with Crippen LogP contribution in [0.15, 0.2) is 12.8 Å². The van der Waals surface area contributed by atoms with Gasteiger partial charge in [0.2, 0.25) is 0 Å². The molecule has 0 rings (SSSR count). The number of esters is 1. The molecule has 8 nitrogen and oxygen atoms in total. The molecule has 0 bridgehead atoms. The van der Waals surface area contributed by atoms with Crippen molar-refractivity contribution in [2.45, 2.75) is 110 Å². The van der Waals surface area contributed by atoms with Gasteiger partial charge in [0.25, 0.3) is 0 Å². The quantitative estimate of drug-likeness (QED) is 0.0453. The van der Waals surface area contributed by atoms with Crippen LogP contribution in [0.3, 0.4) is 0 Å². The predicted octanol–water partition coefficient (Wildman–Crippen LogP) is 7.03. The molecule has 0 aliphatic heterocycles.